The van der Waals surface area contributed by atoms with Gasteiger partial charge in [-0.1, -0.05) is 123 Å². The van der Waals surface area contributed by atoms with Gasteiger partial charge in [0.1, 0.15) is 6.23 Å². The van der Waals surface area contributed by atoms with Gasteiger partial charge in [-0.3, -0.25) is 5.32 Å². The first-order valence-electron chi connectivity index (χ1n) is 13.5. The van der Waals surface area contributed by atoms with E-state index in [0.717, 1.165) is 25.7 Å². The van der Waals surface area contributed by atoms with E-state index in [4.69, 9.17) is 0 Å². The Hall–Kier alpha value is -0.200. The number of nitrogens with one attached hydrogen (secondary N) is 1. The van der Waals surface area contributed by atoms with E-state index in [-0.39, 0.29) is 6.61 Å². The van der Waals surface area contributed by atoms with Gasteiger partial charge in [0.05, 0.1) is 24.9 Å². The molecule has 0 fully saturated rings. The number of hydrogen-bond donors (Lipinski definition) is 5. The largest absolute Gasteiger partial charge is 0.395 e. The van der Waals surface area contributed by atoms with Crippen LogP contribution in [0.5, 0.6) is 0 Å². The first-order valence-corrected chi connectivity index (χ1v) is 13.5. The van der Waals surface area contributed by atoms with E-state index >= 15 is 0 Å². The Balaban J connectivity index is 3.72. The second kappa shape index (κ2) is 23.0. The maximum Gasteiger partial charge on any atom is 0.131 e. The van der Waals surface area contributed by atoms with Crippen molar-refractivity contribution in [3.8, 4) is 0 Å². The van der Waals surface area contributed by atoms with Crippen LogP contribution in [0.25, 0.3) is 0 Å². The van der Waals surface area contributed by atoms with E-state index in [0.29, 0.717) is 12.8 Å². The van der Waals surface area contributed by atoms with Crippen LogP contribution in [0.3, 0.4) is 0 Å². The molecular formula is C26H55NO4. The van der Waals surface area contributed by atoms with Gasteiger partial charge < -0.3 is 20.4 Å². The smallest absolute Gasteiger partial charge is 0.131 e. The van der Waals surface area contributed by atoms with Crippen molar-refractivity contribution < 1.29 is 20.4 Å². The molecule has 0 saturated heterocycles. The van der Waals surface area contributed by atoms with Crippen molar-refractivity contribution >= 4 is 0 Å². The second-order valence-electron chi connectivity index (χ2n) is 9.42. The van der Waals surface area contributed by atoms with Gasteiger partial charge in [0.25, 0.3) is 0 Å². The van der Waals surface area contributed by atoms with Crippen LogP contribution in [0, 0.1) is 0 Å². The van der Waals surface area contributed by atoms with Crippen LogP contribution < -0.4 is 5.32 Å². The molecule has 0 amide bonds. The van der Waals surface area contributed by atoms with E-state index in [9.17, 15) is 20.4 Å². The quantitative estimate of drug-likeness (QED) is 0.101. The summed E-state index contributed by atoms with van der Waals surface area (Å²) in [5, 5.41) is 43.0. The first kappa shape index (κ1) is 30.8. The fourth-order valence-electron chi connectivity index (χ4n) is 4.13. The molecule has 0 aliphatic rings. The third kappa shape index (κ3) is 19.0. The molecule has 4 unspecified atom stereocenters. The van der Waals surface area contributed by atoms with Gasteiger partial charge in [0, 0.05) is 0 Å². The predicted octanol–water partition coefficient (Wildman–Crippen LogP) is 5.43. The van der Waals surface area contributed by atoms with Crippen LogP contribution in [-0.4, -0.2) is 51.5 Å². The molecule has 0 radical (unpaired) electrons. The summed E-state index contributed by atoms with van der Waals surface area (Å²) in [6, 6.07) is -0.599. The summed E-state index contributed by atoms with van der Waals surface area (Å²) in [4.78, 5) is 0. The minimum atomic E-state index is -1.11. The zero-order valence-corrected chi connectivity index (χ0v) is 20.7. The molecule has 0 saturated carbocycles. The van der Waals surface area contributed by atoms with Crippen molar-refractivity contribution in [2.75, 3.05) is 6.61 Å². The lowest BCUT2D eigenvalue weighted by atomic mass is 10.0. The average Bonchev–Trinajstić information content (AvgIpc) is 2.77. The SMILES string of the molecule is CCCCCCCCCCCCCCC(O)C(O)NC(CO)C(O)CCCCCCC. The molecule has 5 N–H and O–H groups in total. The van der Waals surface area contributed by atoms with E-state index in [1.54, 1.807) is 0 Å². The Labute approximate surface area is 193 Å². The van der Waals surface area contributed by atoms with Gasteiger partial charge in [-0.15, -0.1) is 0 Å². The highest BCUT2D eigenvalue weighted by Crippen LogP contribution is 2.14. The highest BCUT2D eigenvalue weighted by molar-refractivity contribution is 4.79. The Bertz CT molecular complexity index is 356. The Morgan fingerprint density at radius 3 is 1.26 bits per heavy atom. The normalized spacial score (nSPS) is 15.7. The van der Waals surface area contributed by atoms with E-state index < -0.39 is 24.5 Å². The van der Waals surface area contributed by atoms with Crippen LogP contribution in [0.15, 0.2) is 0 Å². The molecule has 5 heteroatoms. The summed E-state index contributed by atoms with van der Waals surface area (Å²) < 4.78 is 0. The Morgan fingerprint density at radius 2 is 0.871 bits per heavy atom. The number of hydrogen-bond acceptors (Lipinski definition) is 5. The van der Waals surface area contributed by atoms with Crippen LogP contribution in [0.1, 0.15) is 136 Å². The Morgan fingerprint density at radius 1 is 0.516 bits per heavy atom. The molecule has 188 valence electrons. The van der Waals surface area contributed by atoms with E-state index in [1.165, 1.54) is 83.5 Å². The fraction of sp³-hybridized carbons (Fsp3) is 1.00. The number of rotatable bonds is 24. The van der Waals surface area contributed by atoms with Gasteiger partial charge in [0.2, 0.25) is 0 Å². The van der Waals surface area contributed by atoms with Crippen molar-refractivity contribution in [2.24, 2.45) is 0 Å². The van der Waals surface area contributed by atoms with Gasteiger partial charge >= 0.3 is 0 Å². The molecule has 0 bridgehead atoms. The van der Waals surface area contributed by atoms with Crippen LogP contribution in [0.4, 0.5) is 0 Å². The van der Waals surface area contributed by atoms with Crippen LogP contribution >= 0.6 is 0 Å². The summed E-state index contributed by atoms with van der Waals surface area (Å²) in [5.41, 5.74) is 0. The lowest BCUT2D eigenvalue weighted by Gasteiger charge is -2.27. The third-order valence-corrected chi connectivity index (χ3v) is 6.37. The van der Waals surface area contributed by atoms with Crippen LogP contribution in [0.2, 0.25) is 0 Å². The minimum Gasteiger partial charge on any atom is -0.395 e. The molecule has 0 heterocycles. The highest BCUT2D eigenvalue weighted by atomic mass is 16.3. The molecule has 0 aliphatic heterocycles. The third-order valence-electron chi connectivity index (χ3n) is 6.37. The van der Waals surface area contributed by atoms with Crippen molar-refractivity contribution in [3.05, 3.63) is 0 Å². The molecule has 0 aromatic heterocycles. The zero-order valence-electron chi connectivity index (χ0n) is 20.7. The van der Waals surface area contributed by atoms with E-state index in [1.807, 2.05) is 0 Å². The van der Waals surface area contributed by atoms with Crippen molar-refractivity contribution in [1.82, 2.24) is 5.32 Å². The molecule has 0 rings (SSSR count). The number of aliphatic hydroxyl groups excluding tert-OH is 4. The zero-order chi connectivity index (χ0) is 23.2. The number of aliphatic hydroxyl groups is 4. The first-order chi connectivity index (χ1) is 15.1. The molecule has 0 spiro atoms. The van der Waals surface area contributed by atoms with Crippen molar-refractivity contribution in [2.45, 2.75) is 160 Å². The summed E-state index contributed by atoms with van der Waals surface area (Å²) in [6.45, 7) is 4.17. The highest BCUT2D eigenvalue weighted by Gasteiger charge is 2.24. The molecule has 0 aliphatic carbocycles. The molecule has 5 nitrogen and oxygen atoms in total. The average molecular weight is 446 g/mol. The van der Waals surface area contributed by atoms with Gasteiger partial charge in [0.15, 0.2) is 0 Å². The fourth-order valence-corrected chi connectivity index (χ4v) is 4.13. The summed E-state index contributed by atoms with van der Waals surface area (Å²) in [7, 11) is 0. The molecule has 31 heavy (non-hydrogen) atoms. The van der Waals surface area contributed by atoms with Crippen molar-refractivity contribution in [1.29, 1.82) is 0 Å². The Kier molecular flexibility index (Phi) is 22.8. The lowest BCUT2D eigenvalue weighted by Crippen LogP contribution is -2.52. The summed E-state index contributed by atoms with van der Waals surface area (Å²) >= 11 is 0. The molecule has 4 atom stereocenters. The van der Waals surface area contributed by atoms with Gasteiger partial charge in [-0.25, -0.2) is 0 Å². The standard InChI is InChI=1S/C26H55NO4/c1-3-5-7-9-10-11-12-13-14-15-17-19-21-25(30)26(31)27-23(22-28)24(29)20-18-16-8-6-4-2/h23-31H,3-22H2,1-2H3. The maximum atomic E-state index is 10.3. The number of unbranched alkanes of at least 4 members (excludes halogenated alkanes) is 15. The molecular weight excluding hydrogens is 390 g/mol. The van der Waals surface area contributed by atoms with E-state index in [2.05, 4.69) is 19.2 Å². The predicted molar refractivity (Wildman–Crippen MR) is 131 cm³/mol. The maximum absolute atomic E-state index is 10.3. The molecule has 0 aromatic rings. The van der Waals surface area contributed by atoms with Crippen LogP contribution in [-0.2, 0) is 0 Å². The second-order valence-corrected chi connectivity index (χ2v) is 9.42. The summed E-state index contributed by atoms with van der Waals surface area (Å²) in [6.07, 6.45) is 19.2. The molecule has 0 aromatic carbocycles. The monoisotopic (exact) mass is 445 g/mol. The van der Waals surface area contributed by atoms with Gasteiger partial charge in [-0.2, -0.15) is 0 Å². The van der Waals surface area contributed by atoms with Crippen molar-refractivity contribution in [3.63, 3.8) is 0 Å². The summed E-state index contributed by atoms with van der Waals surface area (Å²) in [5.74, 6) is 0. The lowest BCUT2D eigenvalue weighted by molar-refractivity contribution is -0.0351. The minimum absolute atomic E-state index is 0.251. The van der Waals surface area contributed by atoms with Gasteiger partial charge in [-0.05, 0) is 12.8 Å². The topological polar surface area (TPSA) is 93.0 Å².